The minimum Gasteiger partial charge on any atom is -0.494 e. The molecule has 2 aromatic rings. The second-order valence-corrected chi connectivity index (χ2v) is 10.1. The molecule has 0 saturated heterocycles. The van der Waals surface area contributed by atoms with Crippen LogP contribution in [0.15, 0.2) is 53.4 Å². The average Bonchev–Trinajstić information content (AvgIpc) is 2.83. The second-order valence-electron chi connectivity index (χ2n) is 9.60. The summed E-state index contributed by atoms with van der Waals surface area (Å²) >= 11 is 4.63. The molecule has 0 saturated carbocycles. The van der Waals surface area contributed by atoms with E-state index < -0.39 is 0 Å². The van der Waals surface area contributed by atoms with Crippen molar-refractivity contribution in [3.05, 3.63) is 59.7 Å². The molecule has 2 aromatic carbocycles. The molecule has 0 aromatic heterocycles. The van der Waals surface area contributed by atoms with E-state index in [0.717, 1.165) is 30.1 Å². The van der Waals surface area contributed by atoms with Crippen LogP contribution in [0.2, 0.25) is 0 Å². The van der Waals surface area contributed by atoms with Gasteiger partial charge in [-0.3, -0.25) is 0 Å². The predicted octanol–water partition coefficient (Wildman–Crippen LogP) is 10.2. The third-order valence-corrected chi connectivity index (χ3v) is 6.99. The lowest BCUT2D eigenvalue weighted by Crippen LogP contribution is -1.99. The largest absolute Gasteiger partial charge is 0.494 e. The number of hydrogen-bond donors (Lipinski definition) is 1. The molecule has 0 aliphatic carbocycles. The Bertz CT molecular complexity index is 712. The quantitative estimate of drug-likeness (QED) is 0.150. The molecule has 0 spiro atoms. The van der Waals surface area contributed by atoms with Crippen LogP contribution < -0.4 is 4.74 Å². The summed E-state index contributed by atoms with van der Waals surface area (Å²) in [5.74, 6) is 0.972. The summed E-state index contributed by atoms with van der Waals surface area (Å²) in [6.45, 7) is 3.11. The molecule has 0 amide bonds. The number of ether oxygens (including phenoxy) is 1. The van der Waals surface area contributed by atoms with E-state index in [9.17, 15) is 0 Å². The molecule has 0 heterocycles. The van der Waals surface area contributed by atoms with E-state index in [0.29, 0.717) is 0 Å². The van der Waals surface area contributed by atoms with Gasteiger partial charge in [0.05, 0.1) is 6.61 Å². The molecule has 184 valence electrons. The zero-order valence-corrected chi connectivity index (χ0v) is 22.1. The van der Waals surface area contributed by atoms with E-state index in [-0.39, 0.29) is 0 Å². The predicted molar refractivity (Wildman–Crippen MR) is 148 cm³/mol. The zero-order chi connectivity index (χ0) is 23.4. The van der Waals surface area contributed by atoms with Crippen LogP contribution in [0.1, 0.15) is 121 Å². The van der Waals surface area contributed by atoms with Crippen molar-refractivity contribution in [2.45, 2.75) is 121 Å². The fraction of sp³-hybridized carbons (Fsp3) is 0.613. The van der Waals surface area contributed by atoms with Gasteiger partial charge in [-0.05, 0) is 42.2 Å². The SMILES string of the molecule is CCCCCCCCCCCCCCCCCCOc1ccc(S)c(Cc2ccccc2)c1. The lowest BCUT2D eigenvalue weighted by atomic mass is 10.0. The Morgan fingerprint density at radius 1 is 0.606 bits per heavy atom. The van der Waals surface area contributed by atoms with Gasteiger partial charge in [0.15, 0.2) is 0 Å². The van der Waals surface area contributed by atoms with Crippen molar-refractivity contribution < 1.29 is 4.74 Å². The van der Waals surface area contributed by atoms with Gasteiger partial charge in [0.25, 0.3) is 0 Å². The van der Waals surface area contributed by atoms with Gasteiger partial charge < -0.3 is 4.74 Å². The summed E-state index contributed by atoms with van der Waals surface area (Å²) in [7, 11) is 0. The van der Waals surface area contributed by atoms with E-state index in [2.05, 4.69) is 62.0 Å². The van der Waals surface area contributed by atoms with Gasteiger partial charge in [0.1, 0.15) is 5.75 Å². The Morgan fingerprint density at radius 3 is 1.67 bits per heavy atom. The maximum Gasteiger partial charge on any atom is 0.119 e. The molecule has 0 radical (unpaired) electrons. The summed E-state index contributed by atoms with van der Waals surface area (Å²) in [4.78, 5) is 1.04. The van der Waals surface area contributed by atoms with Crippen LogP contribution in [0.5, 0.6) is 5.75 Å². The van der Waals surface area contributed by atoms with Crippen LogP contribution in [-0.4, -0.2) is 6.61 Å². The number of thiol groups is 1. The molecule has 0 atom stereocenters. The summed E-state index contributed by atoms with van der Waals surface area (Å²) in [5, 5.41) is 0. The van der Waals surface area contributed by atoms with Gasteiger partial charge in [-0.25, -0.2) is 0 Å². The van der Waals surface area contributed by atoms with Crippen LogP contribution in [-0.2, 0) is 6.42 Å². The van der Waals surface area contributed by atoms with E-state index in [1.165, 1.54) is 107 Å². The molecule has 1 nitrogen and oxygen atoms in total. The summed E-state index contributed by atoms with van der Waals surface area (Å²) in [6.07, 6.45) is 23.3. The first-order valence-electron chi connectivity index (χ1n) is 13.8. The standard InChI is InChI=1S/C31H48OS/c1-2-3-4-5-6-7-8-9-10-11-12-13-14-15-16-20-25-32-30-23-24-31(33)29(27-30)26-28-21-18-17-19-22-28/h17-19,21-24,27,33H,2-16,20,25-26H2,1H3. The molecule has 0 N–H and O–H groups in total. The number of hydrogen-bond acceptors (Lipinski definition) is 2. The molecule has 2 heteroatoms. The topological polar surface area (TPSA) is 9.23 Å². The molecule has 0 unspecified atom stereocenters. The highest BCUT2D eigenvalue weighted by atomic mass is 32.1. The van der Waals surface area contributed by atoms with Gasteiger partial charge in [-0.15, -0.1) is 12.6 Å². The zero-order valence-electron chi connectivity index (χ0n) is 21.2. The van der Waals surface area contributed by atoms with E-state index in [1.807, 2.05) is 6.07 Å². The lowest BCUT2D eigenvalue weighted by molar-refractivity contribution is 0.304. The minimum absolute atomic E-state index is 0.815. The Labute approximate surface area is 210 Å². The van der Waals surface area contributed by atoms with Crippen LogP contribution in [0, 0.1) is 0 Å². The van der Waals surface area contributed by atoms with Crippen molar-refractivity contribution in [3.8, 4) is 5.75 Å². The van der Waals surface area contributed by atoms with Crippen molar-refractivity contribution in [1.82, 2.24) is 0 Å². The molecule has 0 aliphatic heterocycles. The summed E-state index contributed by atoms with van der Waals surface area (Å²) in [5.41, 5.74) is 2.54. The van der Waals surface area contributed by atoms with Gasteiger partial charge >= 0.3 is 0 Å². The second kappa shape index (κ2) is 19.0. The van der Waals surface area contributed by atoms with Crippen LogP contribution in [0.4, 0.5) is 0 Å². The molecule has 0 fully saturated rings. The van der Waals surface area contributed by atoms with E-state index >= 15 is 0 Å². The van der Waals surface area contributed by atoms with Crippen molar-refractivity contribution in [2.75, 3.05) is 6.61 Å². The Kier molecular flexibility index (Phi) is 16.0. The van der Waals surface area contributed by atoms with Crippen LogP contribution in [0.25, 0.3) is 0 Å². The number of rotatable bonds is 20. The Hall–Kier alpha value is -1.41. The van der Waals surface area contributed by atoms with Gasteiger partial charge in [0, 0.05) is 4.90 Å². The van der Waals surface area contributed by atoms with Gasteiger partial charge in [-0.1, -0.05) is 134 Å². The van der Waals surface area contributed by atoms with Crippen LogP contribution >= 0.6 is 12.6 Å². The first-order valence-corrected chi connectivity index (χ1v) is 14.2. The minimum atomic E-state index is 0.815. The van der Waals surface area contributed by atoms with Gasteiger partial charge in [-0.2, -0.15) is 0 Å². The van der Waals surface area contributed by atoms with Crippen LogP contribution in [0.3, 0.4) is 0 Å². The highest BCUT2D eigenvalue weighted by molar-refractivity contribution is 7.80. The third-order valence-electron chi connectivity index (χ3n) is 6.55. The Morgan fingerprint density at radius 2 is 1.12 bits per heavy atom. The summed E-state index contributed by atoms with van der Waals surface area (Å²) < 4.78 is 6.02. The summed E-state index contributed by atoms with van der Waals surface area (Å²) in [6, 6.07) is 16.8. The molecule has 33 heavy (non-hydrogen) atoms. The number of benzene rings is 2. The molecule has 0 bridgehead atoms. The fourth-order valence-corrected chi connectivity index (χ4v) is 4.67. The molecular weight excluding hydrogens is 420 g/mol. The third kappa shape index (κ3) is 13.8. The smallest absolute Gasteiger partial charge is 0.119 e. The first kappa shape index (κ1) is 27.8. The first-order chi connectivity index (χ1) is 16.3. The van der Waals surface area contributed by atoms with Crippen molar-refractivity contribution in [1.29, 1.82) is 0 Å². The van der Waals surface area contributed by atoms with E-state index in [1.54, 1.807) is 0 Å². The fourth-order valence-electron chi connectivity index (χ4n) is 4.45. The van der Waals surface area contributed by atoms with Crippen molar-refractivity contribution in [3.63, 3.8) is 0 Å². The molecule has 2 rings (SSSR count). The van der Waals surface area contributed by atoms with Crippen molar-refractivity contribution >= 4 is 12.6 Å². The van der Waals surface area contributed by atoms with E-state index in [4.69, 9.17) is 4.74 Å². The maximum absolute atomic E-state index is 6.02. The van der Waals surface area contributed by atoms with Crippen molar-refractivity contribution in [2.24, 2.45) is 0 Å². The number of unbranched alkanes of at least 4 members (excludes halogenated alkanes) is 15. The highest BCUT2D eigenvalue weighted by Gasteiger charge is 2.04. The molecule has 0 aliphatic rings. The Balaban J connectivity index is 1.42. The monoisotopic (exact) mass is 468 g/mol. The van der Waals surface area contributed by atoms with Gasteiger partial charge in [0.2, 0.25) is 0 Å². The molecular formula is C31H48OS. The average molecular weight is 469 g/mol. The lowest BCUT2D eigenvalue weighted by Gasteiger charge is -2.10. The normalized spacial score (nSPS) is 11.1. The highest BCUT2D eigenvalue weighted by Crippen LogP contribution is 2.24. The maximum atomic E-state index is 6.02.